The van der Waals surface area contributed by atoms with Crippen LogP contribution in [0.25, 0.3) is 5.57 Å². The minimum Gasteiger partial charge on any atom is -0.494 e. The van der Waals surface area contributed by atoms with Crippen molar-refractivity contribution in [3.8, 4) is 0 Å². The van der Waals surface area contributed by atoms with Crippen molar-refractivity contribution in [1.82, 2.24) is 0 Å². The smallest absolute Gasteiger partial charge is 0.115 e. The van der Waals surface area contributed by atoms with E-state index in [1.165, 1.54) is 16.7 Å². The molecule has 0 radical (unpaired) electrons. The van der Waals surface area contributed by atoms with Crippen molar-refractivity contribution >= 4 is 5.57 Å². The van der Waals surface area contributed by atoms with Gasteiger partial charge in [-0.2, -0.15) is 0 Å². The Hall–Kier alpha value is -1.50. The fraction of sp³-hybridized carbons (Fsp3) is 0.333. The summed E-state index contributed by atoms with van der Waals surface area (Å²) in [7, 11) is 0. The molecule has 0 amide bonds. The Morgan fingerprint density at radius 1 is 1.31 bits per heavy atom. The maximum Gasteiger partial charge on any atom is 0.115 e. The molecule has 0 heterocycles. The first kappa shape index (κ1) is 11.0. The second-order valence-electron chi connectivity index (χ2n) is 4.12. The fourth-order valence-electron chi connectivity index (χ4n) is 2.01. The fourth-order valence-corrected chi connectivity index (χ4v) is 2.01. The van der Waals surface area contributed by atoms with Gasteiger partial charge in [-0.3, -0.25) is 0 Å². The maximum absolute atomic E-state index is 5.55. The first-order valence-electron chi connectivity index (χ1n) is 5.90. The number of aryl methyl sites for hydroxylation is 1. The molecule has 0 bridgehead atoms. The van der Waals surface area contributed by atoms with Crippen molar-refractivity contribution in [3.63, 3.8) is 0 Å². The van der Waals surface area contributed by atoms with E-state index in [-0.39, 0.29) is 0 Å². The molecular weight excluding hydrogens is 196 g/mol. The van der Waals surface area contributed by atoms with Crippen LogP contribution in [0.3, 0.4) is 0 Å². The largest absolute Gasteiger partial charge is 0.494 e. The monoisotopic (exact) mass is 214 g/mol. The van der Waals surface area contributed by atoms with E-state index in [4.69, 9.17) is 4.74 Å². The van der Waals surface area contributed by atoms with Crippen molar-refractivity contribution in [3.05, 3.63) is 53.3 Å². The van der Waals surface area contributed by atoms with Crippen LogP contribution in [0.4, 0.5) is 0 Å². The third-order valence-electron chi connectivity index (χ3n) is 2.78. The Kier molecular flexibility index (Phi) is 3.45. The van der Waals surface area contributed by atoms with Crippen LogP contribution in [0.2, 0.25) is 0 Å². The highest BCUT2D eigenvalue weighted by Crippen LogP contribution is 2.27. The number of hydrogen-bond donors (Lipinski definition) is 0. The van der Waals surface area contributed by atoms with Gasteiger partial charge < -0.3 is 4.74 Å². The molecule has 1 heteroatoms. The van der Waals surface area contributed by atoms with Crippen LogP contribution >= 0.6 is 0 Å². The third kappa shape index (κ3) is 2.54. The van der Waals surface area contributed by atoms with E-state index in [9.17, 15) is 0 Å². The molecule has 0 atom stereocenters. The lowest BCUT2D eigenvalue weighted by Crippen LogP contribution is -1.96. The van der Waals surface area contributed by atoms with Gasteiger partial charge in [-0.15, -0.1) is 0 Å². The van der Waals surface area contributed by atoms with E-state index in [1.54, 1.807) is 0 Å². The summed E-state index contributed by atoms with van der Waals surface area (Å²) in [4.78, 5) is 0. The van der Waals surface area contributed by atoms with Gasteiger partial charge in [0.25, 0.3) is 0 Å². The molecule has 0 aliphatic heterocycles. The number of rotatable bonds is 3. The first-order chi connectivity index (χ1) is 7.79. The summed E-state index contributed by atoms with van der Waals surface area (Å²) < 4.78 is 5.55. The molecule has 1 aromatic carbocycles. The summed E-state index contributed by atoms with van der Waals surface area (Å²) in [5, 5.41) is 0. The van der Waals surface area contributed by atoms with Gasteiger partial charge in [0.1, 0.15) is 5.76 Å². The first-order valence-corrected chi connectivity index (χ1v) is 5.90. The van der Waals surface area contributed by atoms with Crippen LogP contribution < -0.4 is 0 Å². The number of benzene rings is 1. The molecule has 0 spiro atoms. The summed E-state index contributed by atoms with van der Waals surface area (Å²) >= 11 is 0. The summed E-state index contributed by atoms with van der Waals surface area (Å²) in [6.07, 6.45) is 6.53. The molecule has 1 aliphatic rings. The Morgan fingerprint density at radius 3 is 2.94 bits per heavy atom. The van der Waals surface area contributed by atoms with Gasteiger partial charge in [0, 0.05) is 0 Å². The van der Waals surface area contributed by atoms with Gasteiger partial charge in [-0.1, -0.05) is 29.8 Å². The Labute approximate surface area is 97.4 Å². The second kappa shape index (κ2) is 5.02. The van der Waals surface area contributed by atoms with Crippen LogP contribution in [0.5, 0.6) is 0 Å². The van der Waals surface area contributed by atoms with Crippen LogP contribution in [-0.4, -0.2) is 6.61 Å². The predicted molar refractivity (Wildman–Crippen MR) is 68.1 cm³/mol. The third-order valence-corrected chi connectivity index (χ3v) is 2.78. The van der Waals surface area contributed by atoms with E-state index in [0.29, 0.717) is 0 Å². The highest BCUT2D eigenvalue weighted by atomic mass is 16.5. The van der Waals surface area contributed by atoms with Crippen LogP contribution in [0, 0.1) is 6.92 Å². The van der Waals surface area contributed by atoms with E-state index < -0.39 is 0 Å². The summed E-state index contributed by atoms with van der Waals surface area (Å²) in [5.74, 6) is 1.02. The zero-order chi connectivity index (χ0) is 11.4. The minimum absolute atomic E-state index is 0.740. The van der Waals surface area contributed by atoms with E-state index in [1.807, 2.05) is 6.92 Å². The average Bonchev–Trinajstić information content (AvgIpc) is 2.30. The Morgan fingerprint density at radius 2 is 2.19 bits per heavy atom. The van der Waals surface area contributed by atoms with Crippen molar-refractivity contribution in [2.45, 2.75) is 26.7 Å². The quantitative estimate of drug-likeness (QED) is 0.736. The van der Waals surface area contributed by atoms with Crippen LogP contribution in [-0.2, 0) is 4.74 Å². The average molecular weight is 214 g/mol. The van der Waals surface area contributed by atoms with Gasteiger partial charge >= 0.3 is 0 Å². The van der Waals surface area contributed by atoms with Crippen LogP contribution in [0.1, 0.15) is 30.9 Å². The summed E-state index contributed by atoms with van der Waals surface area (Å²) in [6.45, 7) is 4.89. The van der Waals surface area contributed by atoms with Gasteiger partial charge in [-0.05, 0) is 50.0 Å². The molecule has 0 saturated heterocycles. The zero-order valence-corrected chi connectivity index (χ0v) is 9.99. The standard InChI is InChI=1S/C15H18O/c1-3-16-15-9-5-8-14(11-15)13-7-4-6-12(2)10-13/h4,6-7,9-11H,3,5,8H2,1-2H3. The lowest BCUT2D eigenvalue weighted by Gasteiger charge is -2.14. The molecule has 1 aliphatic carbocycles. The Bertz CT molecular complexity index is 427. The molecule has 0 aromatic heterocycles. The molecule has 1 nitrogen and oxygen atoms in total. The van der Waals surface area contributed by atoms with Gasteiger partial charge in [0.05, 0.1) is 6.61 Å². The van der Waals surface area contributed by atoms with Crippen LogP contribution in [0.15, 0.2) is 42.2 Å². The van der Waals surface area contributed by atoms with Gasteiger partial charge in [0.2, 0.25) is 0 Å². The SMILES string of the molecule is CCOC1=CCCC(c2cccc(C)c2)=C1. The normalized spacial score (nSPS) is 15.4. The molecule has 84 valence electrons. The number of allylic oxidation sites excluding steroid dienone is 3. The maximum atomic E-state index is 5.55. The van der Waals surface area contributed by atoms with Gasteiger partial charge in [-0.25, -0.2) is 0 Å². The Balaban J connectivity index is 2.24. The number of hydrogen-bond acceptors (Lipinski definition) is 1. The molecule has 0 saturated carbocycles. The van der Waals surface area contributed by atoms with E-state index >= 15 is 0 Å². The van der Waals surface area contributed by atoms with Crippen molar-refractivity contribution < 1.29 is 4.74 Å². The molecule has 0 fully saturated rings. The second-order valence-corrected chi connectivity index (χ2v) is 4.12. The van der Waals surface area contributed by atoms with Crippen molar-refractivity contribution in [2.24, 2.45) is 0 Å². The van der Waals surface area contributed by atoms with E-state index in [2.05, 4.69) is 43.3 Å². The molecule has 16 heavy (non-hydrogen) atoms. The van der Waals surface area contributed by atoms with Crippen molar-refractivity contribution in [1.29, 1.82) is 0 Å². The topological polar surface area (TPSA) is 9.23 Å². The molecule has 2 rings (SSSR count). The van der Waals surface area contributed by atoms with E-state index in [0.717, 1.165) is 25.2 Å². The number of ether oxygens (including phenoxy) is 1. The highest BCUT2D eigenvalue weighted by molar-refractivity contribution is 5.69. The lowest BCUT2D eigenvalue weighted by atomic mass is 9.95. The highest BCUT2D eigenvalue weighted by Gasteiger charge is 2.08. The molecule has 0 unspecified atom stereocenters. The lowest BCUT2D eigenvalue weighted by molar-refractivity contribution is 0.240. The molecule has 1 aromatic rings. The predicted octanol–water partition coefficient (Wildman–Crippen LogP) is 4.09. The zero-order valence-electron chi connectivity index (χ0n) is 9.99. The molecular formula is C15H18O. The van der Waals surface area contributed by atoms with Gasteiger partial charge in [0.15, 0.2) is 0 Å². The molecule has 0 N–H and O–H groups in total. The summed E-state index contributed by atoms with van der Waals surface area (Å²) in [5.41, 5.74) is 4.02. The van der Waals surface area contributed by atoms with Crippen molar-refractivity contribution in [2.75, 3.05) is 6.61 Å². The minimum atomic E-state index is 0.740. The summed E-state index contributed by atoms with van der Waals surface area (Å²) in [6, 6.07) is 8.66.